The molecule has 0 radical (unpaired) electrons. The minimum absolute atomic E-state index is 0.168. The van der Waals surface area contributed by atoms with E-state index in [0.717, 1.165) is 6.42 Å². The summed E-state index contributed by atoms with van der Waals surface area (Å²) >= 11 is 0. The van der Waals surface area contributed by atoms with Crippen molar-refractivity contribution in [3.05, 3.63) is 11.6 Å². The predicted octanol–water partition coefficient (Wildman–Crippen LogP) is 2.67. The maximum absolute atomic E-state index is 11.7. The standard InChI is InChI=1S/C12H18O2/c1-4-10-5-6-11(14)12(10,3)8-7-9(2)13/h4H,5-8H2,1-3H3/b10-4+. The number of hydrogen-bond donors (Lipinski definition) is 0. The zero-order valence-corrected chi connectivity index (χ0v) is 9.22. The zero-order chi connectivity index (χ0) is 10.8. The Kier molecular flexibility index (Phi) is 3.25. The molecule has 1 fully saturated rings. The number of rotatable bonds is 3. The Morgan fingerprint density at radius 2 is 2.14 bits per heavy atom. The molecule has 2 heteroatoms. The number of Topliss-reactive ketones (excluding diaryl/α,β-unsaturated/α-hetero) is 2. The van der Waals surface area contributed by atoms with E-state index in [2.05, 4.69) is 0 Å². The van der Waals surface area contributed by atoms with Crippen molar-refractivity contribution >= 4 is 11.6 Å². The maximum Gasteiger partial charge on any atom is 0.143 e. The van der Waals surface area contributed by atoms with E-state index in [1.807, 2.05) is 19.9 Å². The summed E-state index contributed by atoms with van der Waals surface area (Å²) in [7, 11) is 0. The summed E-state index contributed by atoms with van der Waals surface area (Å²) in [4.78, 5) is 22.6. The lowest BCUT2D eigenvalue weighted by Gasteiger charge is -2.23. The van der Waals surface area contributed by atoms with Crippen LogP contribution in [0.2, 0.25) is 0 Å². The van der Waals surface area contributed by atoms with Crippen molar-refractivity contribution in [1.82, 2.24) is 0 Å². The van der Waals surface area contributed by atoms with Gasteiger partial charge in [-0.1, -0.05) is 11.6 Å². The van der Waals surface area contributed by atoms with Crippen LogP contribution in [0.5, 0.6) is 0 Å². The fourth-order valence-electron chi connectivity index (χ4n) is 2.17. The predicted molar refractivity (Wildman–Crippen MR) is 56.0 cm³/mol. The Labute approximate surface area is 85.4 Å². The van der Waals surface area contributed by atoms with Crippen molar-refractivity contribution in [3.63, 3.8) is 0 Å². The molecule has 1 atom stereocenters. The Morgan fingerprint density at radius 1 is 1.50 bits per heavy atom. The van der Waals surface area contributed by atoms with E-state index in [0.29, 0.717) is 25.0 Å². The SMILES string of the molecule is C/C=C1\CCC(=O)C1(C)CCC(C)=O. The largest absolute Gasteiger partial charge is 0.300 e. The van der Waals surface area contributed by atoms with E-state index in [1.165, 1.54) is 5.57 Å². The lowest BCUT2D eigenvalue weighted by atomic mass is 9.79. The average molecular weight is 194 g/mol. The third-order valence-electron chi connectivity index (χ3n) is 3.27. The highest BCUT2D eigenvalue weighted by molar-refractivity contribution is 5.91. The summed E-state index contributed by atoms with van der Waals surface area (Å²) < 4.78 is 0. The molecule has 0 N–H and O–H groups in total. The van der Waals surface area contributed by atoms with Gasteiger partial charge in [0.2, 0.25) is 0 Å². The second-order valence-electron chi connectivity index (χ2n) is 4.27. The minimum atomic E-state index is -0.347. The molecule has 1 aliphatic rings. The summed E-state index contributed by atoms with van der Waals surface area (Å²) in [6.07, 6.45) is 4.75. The first-order valence-electron chi connectivity index (χ1n) is 5.19. The molecule has 1 rings (SSSR count). The molecule has 0 bridgehead atoms. The van der Waals surface area contributed by atoms with Crippen LogP contribution < -0.4 is 0 Å². The molecule has 1 aliphatic carbocycles. The van der Waals surface area contributed by atoms with Crippen LogP contribution in [0.1, 0.15) is 46.5 Å². The molecule has 0 heterocycles. The molecule has 0 saturated heterocycles. The van der Waals surface area contributed by atoms with Gasteiger partial charge < -0.3 is 4.79 Å². The number of allylic oxidation sites excluding steroid dienone is 2. The lowest BCUT2D eigenvalue weighted by molar-refractivity contribution is -0.124. The average Bonchev–Trinajstić information content (AvgIpc) is 2.41. The first-order valence-corrected chi connectivity index (χ1v) is 5.19. The van der Waals surface area contributed by atoms with Gasteiger partial charge in [0.1, 0.15) is 11.6 Å². The molecule has 0 aromatic carbocycles. The van der Waals surface area contributed by atoms with E-state index in [9.17, 15) is 9.59 Å². The number of carbonyl (C=O) groups excluding carboxylic acids is 2. The smallest absolute Gasteiger partial charge is 0.143 e. The highest BCUT2D eigenvalue weighted by Crippen LogP contribution is 2.43. The van der Waals surface area contributed by atoms with Gasteiger partial charge in [0.25, 0.3) is 0 Å². The second-order valence-corrected chi connectivity index (χ2v) is 4.27. The van der Waals surface area contributed by atoms with E-state index < -0.39 is 0 Å². The highest BCUT2D eigenvalue weighted by atomic mass is 16.1. The summed E-state index contributed by atoms with van der Waals surface area (Å²) in [5, 5.41) is 0. The molecule has 1 saturated carbocycles. The van der Waals surface area contributed by atoms with Crippen LogP contribution in [0, 0.1) is 5.41 Å². The molecular weight excluding hydrogens is 176 g/mol. The van der Waals surface area contributed by atoms with Gasteiger partial charge in [-0.15, -0.1) is 0 Å². The lowest BCUT2D eigenvalue weighted by Crippen LogP contribution is -2.24. The van der Waals surface area contributed by atoms with Gasteiger partial charge in [-0.2, -0.15) is 0 Å². The molecule has 0 spiro atoms. The van der Waals surface area contributed by atoms with Crippen molar-refractivity contribution in [1.29, 1.82) is 0 Å². The van der Waals surface area contributed by atoms with Crippen LogP contribution >= 0.6 is 0 Å². The number of hydrogen-bond acceptors (Lipinski definition) is 2. The van der Waals surface area contributed by atoms with Gasteiger partial charge in [0.15, 0.2) is 0 Å². The van der Waals surface area contributed by atoms with Crippen LogP contribution in [0.4, 0.5) is 0 Å². The molecule has 78 valence electrons. The summed E-state index contributed by atoms with van der Waals surface area (Å²) in [5.41, 5.74) is 0.865. The third kappa shape index (κ3) is 1.94. The van der Waals surface area contributed by atoms with Gasteiger partial charge in [-0.25, -0.2) is 0 Å². The van der Waals surface area contributed by atoms with E-state index in [-0.39, 0.29) is 11.2 Å². The molecule has 2 nitrogen and oxygen atoms in total. The molecule has 1 unspecified atom stereocenters. The van der Waals surface area contributed by atoms with Gasteiger partial charge >= 0.3 is 0 Å². The first kappa shape index (κ1) is 11.2. The quantitative estimate of drug-likeness (QED) is 0.647. The number of ketones is 2. The van der Waals surface area contributed by atoms with Gasteiger partial charge in [-0.3, -0.25) is 4.79 Å². The van der Waals surface area contributed by atoms with Gasteiger partial charge in [0.05, 0.1) is 0 Å². The van der Waals surface area contributed by atoms with Gasteiger partial charge in [0, 0.05) is 18.3 Å². The normalized spacial score (nSPS) is 29.9. The fourth-order valence-corrected chi connectivity index (χ4v) is 2.17. The van der Waals surface area contributed by atoms with E-state index >= 15 is 0 Å². The Balaban J connectivity index is 2.78. The van der Waals surface area contributed by atoms with Gasteiger partial charge in [-0.05, 0) is 33.6 Å². The Morgan fingerprint density at radius 3 is 2.64 bits per heavy atom. The minimum Gasteiger partial charge on any atom is -0.300 e. The topological polar surface area (TPSA) is 34.1 Å². The molecule has 0 aliphatic heterocycles. The summed E-state index contributed by atoms with van der Waals surface area (Å²) in [5.74, 6) is 0.466. The van der Waals surface area contributed by atoms with Crippen molar-refractivity contribution in [2.45, 2.75) is 46.5 Å². The third-order valence-corrected chi connectivity index (χ3v) is 3.27. The zero-order valence-electron chi connectivity index (χ0n) is 9.22. The van der Waals surface area contributed by atoms with Crippen LogP contribution in [-0.2, 0) is 9.59 Å². The fraction of sp³-hybridized carbons (Fsp3) is 0.667. The molecule has 0 amide bonds. The summed E-state index contributed by atoms with van der Waals surface area (Å²) in [6.45, 7) is 5.53. The Hall–Kier alpha value is -0.920. The van der Waals surface area contributed by atoms with Crippen molar-refractivity contribution in [3.8, 4) is 0 Å². The molecule has 14 heavy (non-hydrogen) atoms. The van der Waals surface area contributed by atoms with E-state index in [1.54, 1.807) is 6.92 Å². The van der Waals surface area contributed by atoms with Crippen LogP contribution in [-0.4, -0.2) is 11.6 Å². The van der Waals surface area contributed by atoms with Crippen LogP contribution in [0.3, 0.4) is 0 Å². The second kappa shape index (κ2) is 4.07. The highest BCUT2D eigenvalue weighted by Gasteiger charge is 2.40. The van der Waals surface area contributed by atoms with Crippen LogP contribution in [0.15, 0.2) is 11.6 Å². The Bertz CT molecular complexity index is 289. The number of carbonyl (C=O) groups is 2. The van der Waals surface area contributed by atoms with Crippen molar-refractivity contribution < 1.29 is 9.59 Å². The maximum atomic E-state index is 11.7. The molecule has 0 aromatic rings. The first-order chi connectivity index (χ1) is 6.50. The monoisotopic (exact) mass is 194 g/mol. The summed E-state index contributed by atoms with van der Waals surface area (Å²) in [6, 6.07) is 0. The van der Waals surface area contributed by atoms with Crippen molar-refractivity contribution in [2.75, 3.05) is 0 Å². The van der Waals surface area contributed by atoms with E-state index in [4.69, 9.17) is 0 Å². The molecule has 0 aromatic heterocycles. The van der Waals surface area contributed by atoms with Crippen LogP contribution in [0.25, 0.3) is 0 Å². The van der Waals surface area contributed by atoms with Crippen molar-refractivity contribution in [2.24, 2.45) is 5.41 Å². The molecular formula is C12H18O2.